The number of ether oxygens (including phenoxy) is 1. The molecule has 0 fully saturated rings. The van der Waals surface area contributed by atoms with Crippen molar-refractivity contribution in [1.29, 1.82) is 0 Å². The molecule has 0 spiro atoms. The largest absolute Gasteiger partial charge is 0.466 e. The van der Waals surface area contributed by atoms with Crippen LogP contribution in [0.25, 0.3) is 0 Å². The minimum atomic E-state index is -0.666. The quantitative estimate of drug-likeness (QED) is 0.0320. The number of esters is 1. The lowest BCUT2D eigenvalue weighted by atomic mass is 10.0. The molecule has 0 aromatic carbocycles. The molecule has 0 saturated heterocycles. The van der Waals surface area contributed by atoms with Crippen LogP contribution in [0.15, 0.2) is 12.2 Å². The van der Waals surface area contributed by atoms with Gasteiger partial charge in [0.15, 0.2) is 0 Å². The molecule has 0 heterocycles. The fourth-order valence-corrected chi connectivity index (χ4v) is 10.3. The Hall–Kier alpha value is -1.40. The van der Waals surface area contributed by atoms with Gasteiger partial charge >= 0.3 is 5.97 Å². The second kappa shape index (κ2) is 61.1. The molecule has 6 heteroatoms. The lowest BCUT2D eigenvalue weighted by Crippen LogP contribution is -2.45. The first kappa shape index (κ1) is 69.6. The van der Waals surface area contributed by atoms with Gasteiger partial charge in [0.1, 0.15) is 0 Å². The van der Waals surface area contributed by atoms with E-state index in [2.05, 4.69) is 31.3 Å². The Balaban J connectivity index is 3.39. The first-order valence-electron chi connectivity index (χ1n) is 32.4. The van der Waals surface area contributed by atoms with E-state index in [9.17, 15) is 19.8 Å². The Morgan fingerprint density at radius 1 is 0.380 bits per heavy atom. The second-order valence-corrected chi connectivity index (χ2v) is 22.5. The molecule has 0 radical (unpaired) electrons. The van der Waals surface area contributed by atoms with Crippen LogP contribution in [0.3, 0.4) is 0 Å². The number of allylic oxidation sites excluding steroid dienone is 2. The van der Waals surface area contributed by atoms with Gasteiger partial charge in [-0.15, -0.1) is 0 Å². The van der Waals surface area contributed by atoms with E-state index in [1.54, 1.807) is 0 Å². The number of aliphatic hydroxyl groups excluding tert-OH is 2. The zero-order valence-corrected chi connectivity index (χ0v) is 48.2. The van der Waals surface area contributed by atoms with Crippen molar-refractivity contribution in [2.45, 2.75) is 379 Å². The zero-order chi connectivity index (χ0) is 51.4. The number of unbranched alkanes of at least 4 members (excludes halogenated alkanes) is 48. The van der Waals surface area contributed by atoms with Crippen molar-refractivity contribution in [1.82, 2.24) is 5.32 Å². The Morgan fingerprint density at radius 3 is 1.00 bits per heavy atom. The lowest BCUT2D eigenvalue weighted by molar-refractivity contribution is -0.143. The summed E-state index contributed by atoms with van der Waals surface area (Å²) >= 11 is 0. The van der Waals surface area contributed by atoms with Crippen LogP contribution in [0.4, 0.5) is 0 Å². The van der Waals surface area contributed by atoms with Gasteiger partial charge in [-0.1, -0.05) is 315 Å². The minimum Gasteiger partial charge on any atom is -0.466 e. The van der Waals surface area contributed by atoms with E-state index in [4.69, 9.17) is 4.74 Å². The number of carbonyl (C=O) groups excluding carboxylic acids is 2. The van der Waals surface area contributed by atoms with E-state index in [0.29, 0.717) is 25.9 Å². The standard InChI is InChI=1S/C65H127NO5/c1-3-5-7-9-11-13-15-17-19-30-33-37-41-45-49-53-57-63(68)62(61-67)66-64(69)58-54-50-46-42-38-34-31-28-26-24-22-20-21-23-25-27-29-32-36-40-44-48-52-56-60-71-65(70)59-55-51-47-43-39-35-18-16-14-12-10-8-6-4-2/h22,24,62-63,67-68H,3-21,23,25-61H2,1-2H3,(H,66,69)/b24-22-. The van der Waals surface area contributed by atoms with Crippen LogP contribution in [0.1, 0.15) is 367 Å². The number of nitrogens with one attached hydrogen (secondary N) is 1. The number of hydrogen-bond acceptors (Lipinski definition) is 5. The molecule has 0 aromatic rings. The third-order valence-corrected chi connectivity index (χ3v) is 15.3. The first-order valence-corrected chi connectivity index (χ1v) is 32.4. The van der Waals surface area contributed by atoms with Crippen LogP contribution in [0.5, 0.6) is 0 Å². The highest BCUT2D eigenvalue weighted by atomic mass is 16.5. The maximum Gasteiger partial charge on any atom is 0.305 e. The van der Waals surface area contributed by atoms with Gasteiger partial charge in [-0.2, -0.15) is 0 Å². The summed E-state index contributed by atoms with van der Waals surface area (Å²) in [7, 11) is 0. The molecule has 0 aliphatic heterocycles. The third kappa shape index (κ3) is 57.7. The normalized spacial score (nSPS) is 12.6. The summed E-state index contributed by atoms with van der Waals surface area (Å²) in [5.74, 6) is -0.0209. The van der Waals surface area contributed by atoms with E-state index in [1.807, 2.05) is 0 Å². The molecule has 2 unspecified atom stereocenters. The van der Waals surface area contributed by atoms with Crippen LogP contribution in [0.2, 0.25) is 0 Å². The van der Waals surface area contributed by atoms with E-state index in [-0.39, 0.29) is 18.5 Å². The van der Waals surface area contributed by atoms with E-state index < -0.39 is 12.1 Å². The predicted molar refractivity (Wildman–Crippen MR) is 310 cm³/mol. The SMILES string of the molecule is CCCCCCCCCCCCCCCCCCC(O)C(CO)NC(=O)CCCCCCCCCC/C=C\CCCCCCCCCCCCCCOC(=O)CCCCCCCCCCCCCCCC. The van der Waals surface area contributed by atoms with E-state index in [1.165, 1.54) is 295 Å². The summed E-state index contributed by atoms with van der Waals surface area (Å²) in [6.45, 7) is 4.98. The summed E-state index contributed by atoms with van der Waals surface area (Å²) in [5.41, 5.74) is 0. The van der Waals surface area contributed by atoms with Crippen molar-refractivity contribution in [2.24, 2.45) is 0 Å². The smallest absolute Gasteiger partial charge is 0.305 e. The monoisotopic (exact) mass is 1000 g/mol. The fourth-order valence-electron chi connectivity index (χ4n) is 10.3. The minimum absolute atomic E-state index is 0.0156. The highest BCUT2D eigenvalue weighted by Gasteiger charge is 2.20. The van der Waals surface area contributed by atoms with Crippen molar-refractivity contribution in [3.63, 3.8) is 0 Å². The molecule has 3 N–H and O–H groups in total. The zero-order valence-electron chi connectivity index (χ0n) is 48.2. The lowest BCUT2D eigenvalue weighted by Gasteiger charge is -2.22. The van der Waals surface area contributed by atoms with Gasteiger partial charge in [-0.25, -0.2) is 0 Å². The first-order chi connectivity index (χ1) is 35.0. The molecular weight excluding hydrogens is 875 g/mol. The van der Waals surface area contributed by atoms with Crippen molar-refractivity contribution in [2.75, 3.05) is 13.2 Å². The van der Waals surface area contributed by atoms with Gasteiger partial charge in [0.05, 0.1) is 25.4 Å². The molecule has 0 saturated carbocycles. The van der Waals surface area contributed by atoms with Crippen molar-refractivity contribution in [3.8, 4) is 0 Å². The number of amides is 1. The number of rotatable bonds is 61. The summed E-state index contributed by atoms with van der Waals surface area (Å²) in [6.07, 6.45) is 73.7. The molecule has 71 heavy (non-hydrogen) atoms. The van der Waals surface area contributed by atoms with Crippen molar-refractivity contribution in [3.05, 3.63) is 12.2 Å². The van der Waals surface area contributed by atoms with Gasteiger partial charge in [-0.05, 0) is 51.4 Å². The molecule has 6 nitrogen and oxygen atoms in total. The summed E-state index contributed by atoms with van der Waals surface area (Å²) in [5, 5.41) is 23.3. The molecule has 422 valence electrons. The van der Waals surface area contributed by atoms with Gasteiger partial charge in [-0.3, -0.25) is 9.59 Å². The van der Waals surface area contributed by atoms with Crippen LogP contribution in [0, 0.1) is 0 Å². The summed E-state index contributed by atoms with van der Waals surface area (Å²) in [4.78, 5) is 24.6. The average Bonchev–Trinajstić information content (AvgIpc) is 3.37. The average molecular weight is 1000 g/mol. The molecule has 0 aliphatic rings. The van der Waals surface area contributed by atoms with E-state index in [0.717, 1.165) is 38.5 Å². The second-order valence-electron chi connectivity index (χ2n) is 22.5. The highest BCUT2D eigenvalue weighted by Crippen LogP contribution is 2.18. The van der Waals surface area contributed by atoms with Crippen LogP contribution in [-0.4, -0.2) is 47.4 Å². The third-order valence-electron chi connectivity index (χ3n) is 15.3. The van der Waals surface area contributed by atoms with Crippen molar-refractivity contribution < 1.29 is 24.5 Å². The van der Waals surface area contributed by atoms with Crippen LogP contribution < -0.4 is 5.32 Å². The molecule has 0 rings (SSSR count). The van der Waals surface area contributed by atoms with Crippen molar-refractivity contribution >= 4 is 11.9 Å². The molecule has 0 aromatic heterocycles. The van der Waals surface area contributed by atoms with E-state index >= 15 is 0 Å². The summed E-state index contributed by atoms with van der Waals surface area (Å²) < 4.78 is 5.49. The summed E-state index contributed by atoms with van der Waals surface area (Å²) in [6, 6.07) is -0.544. The van der Waals surface area contributed by atoms with Gasteiger partial charge in [0, 0.05) is 12.8 Å². The van der Waals surface area contributed by atoms with Gasteiger partial charge < -0.3 is 20.3 Å². The van der Waals surface area contributed by atoms with Gasteiger partial charge in [0.2, 0.25) is 5.91 Å². The predicted octanol–water partition coefficient (Wildman–Crippen LogP) is 20.4. The topological polar surface area (TPSA) is 95.9 Å². The Morgan fingerprint density at radius 2 is 0.662 bits per heavy atom. The molecule has 0 aliphatic carbocycles. The van der Waals surface area contributed by atoms with Crippen LogP contribution in [-0.2, 0) is 14.3 Å². The maximum absolute atomic E-state index is 12.5. The Bertz CT molecular complexity index is 1060. The Kier molecular flexibility index (Phi) is 59.9. The van der Waals surface area contributed by atoms with Gasteiger partial charge in [0.25, 0.3) is 0 Å². The maximum atomic E-state index is 12.5. The highest BCUT2D eigenvalue weighted by molar-refractivity contribution is 5.76. The molecular formula is C65H127NO5. The van der Waals surface area contributed by atoms with Crippen LogP contribution >= 0.6 is 0 Å². The molecule has 1 amide bonds. The fraction of sp³-hybridized carbons (Fsp3) is 0.938. The Labute approximate surface area is 444 Å². The number of hydrogen-bond donors (Lipinski definition) is 3. The molecule has 0 bridgehead atoms. The number of carbonyl (C=O) groups is 2. The number of aliphatic hydroxyl groups is 2. The molecule has 2 atom stereocenters.